The van der Waals surface area contributed by atoms with Gasteiger partial charge in [0, 0.05) is 37.8 Å². The van der Waals surface area contributed by atoms with Crippen molar-refractivity contribution in [2.45, 2.75) is 25.9 Å². The zero-order chi connectivity index (χ0) is 14.4. The predicted molar refractivity (Wildman–Crippen MR) is 94.1 cm³/mol. The quantitative estimate of drug-likeness (QED) is 0.849. The number of para-hydroxylation sites is 1. The number of halogens is 2. The fourth-order valence-electron chi connectivity index (χ4n) is 2.33. The summed E-state index contributed by atoms with van der Waals surface area (Å²) in [7, 11) is 0. The second-order valence-electron chi connectivity index (χ2n) is 5.19. The summed E-state index contributed by atoms with van der Waals surface area (Å²) in [6.45, 7) is 5.67. The second kappa shape index (κ2) is 10.7. The van der Waals surface area contributed by atoms with Crippen LogP contribution >= 0.6 is 24.8 Å². The van der Waals surface area contributed by atoms with Crippen LogP contribution in [0.15, 0.2) is 24.3 Å². The molecule has 1 aliphatic heterocycles. The Morgan fingerprint density at radius 1 is 1.32 bits per heavy atom. The van der Waals surface area contributed by atoms with Crippen molar-refractivity contribution in [3.8, 4) is 0 Å². The lowest BCUT2D eigenvalue weighted by Gasteiger charge is -2.30. The van der Waals surface area contributed by atoms with Crippen molar-refractivity contribution in [1.29, 1.82) is 0 Å². The maximum Gasteiger partial charge on any atom is 0.221 e. The molecule has 2 rings (SSSR count). The number of nitrogens with one attached hydrogen (secondary N) is 1. The zero-order valence-electron chi connectivity index (χ0n) is 12.8. The normalized spacial score (nSPS) is 15.3. The van der Waals surface area contributed by atoms with Crippen LogP contribution in [-0.2, 0) is 16.1 Å². The molecule has 1 saturated heterocycles. The Bertz CT molecular complexity index is 452. The van der Waals surface area contributed by atoms with Gasteiger partial charge in [-0.05, 0) is 18.6 Å². The van der Waals surface area contributed by atoms with Gasteiger partial charge in [0.2, 0.25) is 5.91 Å². The monoisotopic (exact) mass is 349 g/mol. The minimum absolute atomic E-state index is 0. The molecular formula is C15H25Cl2N3O2. The van der Waals surface area contributed by atoms with E-state index in [-0.39, 0.29) is 36.8 Å². The van der Waals surface area contributed by atoms with Crippen LogP contribution < -0.4 is 16.0 Å². The molecule has 22 heavy (non-hydrogen) atoms. The third-order valence-electron chi connectivity index (χ3n) is 3.33. The predicted octanol–water partition coefficient (Wildman–Crippen LogP) is 1.72. The Morgan fingerprint density at radius 2 is 1.95 bits per heavy atom. The molecule has 0 bridgehead atoms. The lowest BCUT2D eigenvalue weighted by Crippen LogP contribution is -2.37. The number of nitrogens with two attached hydrogens (primary N) is 1. The number of hydrogen-bond acceptors (Lipinski definition) is 4. The molecule has 1 heterocycles. The third-order valence-corrected chi connectivity index (χ3v) is 3.33. The van der Waals surface area contributed by atoms with Crippen LogP contribution in [0.4, 0.5) is 5.69 Å². The number of amides is 1. The van der Waals surface area contributed by atoms with Crippen molar-refractivity contribution < 1.29 is 9.53 Å². The molecule has 1 unspecified atom stereocenters. The summed E-state index contributed by atoms with van der Waals surface area (Å²) in [5.41, 5.74) is 7.94. The van der Waals surface area contributed by atoms with E-state index in [1.165, 1.54) is 5.69 Å². The molecule has 1 aromatic rings. The van der Waals surface area contributed by atoms with E-state index in [1.807, 2.05) is 19.1 Å². The van der Waals surface area contributed by atoms with Gasteiger partial charge in [0.05, 0.1) is 13.2 Å². The number of ether oxygens (including phenoxy) is 1. The van der Waals surface area contributed by atoms with E-state index >= 15 is 0 Å². The lowest BCUT2D eigenvalue weighted by atomic mass is 10.1. The van der Waals surface area contributed by atoms with E-state index in [9.17, 15) is 4.79 Å². The van der Waals surface area contributed by atoms with Gasteiger partial charge in [0.25, 0.3) is 0 Å². The van der Waals surface area contributed by atoms with Crippen molar-refractivity contribution in [3.05, 3.63) is 29.8 Å². The molecular weight excluding hydrogens is 325 g/mol. The second-order valence-corrected chi connectivity index (χ2v) is 5.19. The number of rotatable bonds is 5. The molecule has 1 fully saturated rings. The summed E-state index contributed by atoms with van der Waals surface area (Å²) in [6, 6.07) is 8.06. The van der Waals surface area contributed by atoms with Crippen molar-refractivity contribution in [3.63, 3.8) is 0 Å². The lowest BCUT2D eigenvalue weighted by molar-refractivity contribution is -0.121. The van der Waals surface area contributed by atoms with Crippen LogP contribution in [0.5, 0.6) is 0 Å². The van der Waals surface area contributed by atoms with E-state index in [1.54, 1.807) is 0 Å². The van der Waals surface area contributed by atoms with E-state index < -0.39 is 0 Å². The molecule has 0 aliphatic carbocycles. The van der Waals surface area contributed by atoms with Crippen LogP contribution in [0.25, 0.3) is 0 Å². The molecule has 1 amide bonds. The third kappa shape index (κ3) is 6.40. The smallest absolute Gasteiger partial charge is 0.221 e. The summed E-state index contributed by atoms with van der Waals surface area (Å²) in [4.78, 5) is 14.0. The van der Waals surface area contributed by atoms with Crippen molar-refractivity contribution in [2.75, 3.05) is 31.2 Å². The van der Waals surface area contributed by atoms with Gasteiger partial charge in [-0.3, -0.25) is 4.79 Å². The molecule has 0 radical (unpaired) electrons. The van der Waals surface area contributed by atoms with Crippen LogP contribution in [0.1, 0.15) is 18.9 Å². The standard InChI is InChI=1S/C15H23N3O2.2ClH/c1-12(16)10-15(19)17-11-13-4-2-3-5-14(13)18-6-8-20-9-7-18;;/h2-5,12H,6-11,16H2,1H3,(H,17,19);2*1H. The molecule has 0 aromatic heterocycles. The molecule has 1 aromatic carbocycles. The largest absolute Gasteiger partial charge is 0.378 e. The average molecular weight is 350 g/mol. The number of nitrogens with zero attached hydrogens (tertiary/aromatic N) is 1. The fourth-order valence-corrected chi connectivity index (χ4v) is 2.33. The van der Waals surface area contributed by atoms with Crippen LogP contribution in [0.3, 0.4) is 0 Å². The van der Waals surface area contributed by atoms with Gasteiger partial charge in [-0.2, -0.15) is 0 Å². The molecule has 7 heteroatoms. The first-order chi connectivity index (χ1) is 9.66. The molecule has 0 spiro atoms. The molecule has 3 N–H and O–H groups in total. The maximum absolute atomic E-state index is 11.7. The average Bonchev–Trinajstić information content (AvgIpc) is 2.46. The number of benzene rings is 1. The topological polar surface area (TPSA) is 67.6 Å². The molecule has 126 valence electrons. The Morgan fingerprint density at radius 3 is 2.59 bits per heavy atom. The highest BCUT2D eigenvalue weighted by Crippen LogP contribution is 2.21. The maximum atomic E-state index is 11.7. The summed E-state index contributed by atoms with van der Waals surface area (Å²) in [5.74, 6) is -0.00298. The Balaban J connectivity index is 0.00000220. The van der Waals surface area contributed by atoms with E-state index in [4.69, 9.17) is 10.5 Å². The highest BCUT2D eigenvalue weighted by atomic mass is 35.5. The highest BCUT2D eigenvalue weighted by molar-refractivity contribution is 5.85. The van der Waals surface area contributed by atoms with Crippen LogP contribution in [0.2, 0.25) is 0 Å². The van der Waals surface area contributed by atoms with Crippen molar-refractivity contribution in [1.82, 2.24) is 5.32 Å². The van der Waals surface area contributed by atoms with E-state index in [0.717, 1.165) is 31.9 Å². The minimum atomic E-state index is -0.107. The van der Waals surface area contributed by atoms with Gasteiger partial charge in [0.15, 0.2) is 0 Å². The molecule has 0 saturated carbocycles. The van der Waals surface area contributed by atoms with Gasteiger partial charge < -0.3 is 20.7 Å². The first-order valence-corrected chi connectivity index (χ1v) is 7.09. The summed E-state index contributed by atoms with van der Waals surface area (Å²) in [6.07, 6.45) is 0.361. The SMILES string of the molecule is CC(N)CC(=O)NCc1ccccc1N1CCOCC1.Cl.Cl. The van der Waals surface area contributed by atoms with Gasteiger partial charge in [-0.1, -0.05) is 18.2 Å². The number of morpholine rings is 1. The van der Waals surface area contributed by atoms with Crippen molar-refractivity contribution in [2.24, 2.45) is 5.73 Å². The van der Waals surface area contributed by atoms with Gasteiger partial charge in [-0.15, -0.1) is 24.8 Å². The Kier molecular flexibility index (Phi) is 10.2. The molecule has 5 nitrogen and oxygen atoms in total. The Hall–Kier alpha value is -1.01. The number of carbonyl (C=O) groups is 1. The van der Waals surface area contributed by atoms with E-state index in [0.29, 0.717) is 13.0 Å². The van der Waals surface area contributed by atoms with Crippen LogP contribution in [-0.4, -0.2) is 38.3 Å². The number of hydrogen-bond donors (Lipinski definition) is 2. The zero-order valence-corrected chi connectivity index (χ0v) is 14.4. The van der Waals surface area contributed by atoms with Gasteiger partial charge in [-0.25, -0.2) is 0 Å². The van der Waals surface area contributed by atoms with Crippen molar-refractivity contribution >= 4 is 36.4 Å². The van der Waals surface area contributed by atoms with Crippen LogP contribution in [0, 0.1) is 0 Å². The summed E-state index contributed by atoms with van der Waals surface area (Å²) >= 11 is 0. The number of anilines is 1. The molecule has 1 atom stereocenters. The summed E-state index contributed by atoms with van der Waals surface area (Å²) < 4.78 is 5.38. The fraction of sp³-hybridized carbons (Fsp3) is 0.533. The van der Waals surface area contributed by atoms with Gasteiger partial charge in [0.1, 0.15) is 0 Å². The first-order valence-electron chi connectivity index (χ1n) is 7.09. The first kappa shape index (κ1) is 21.0. The van der Waals surface area contributed by atoms with E-state index in [2.05, 4.69) is 22.3 Å². The number of carbonyl (C=O) groups excluding carboxylic acids is 1. The van der Waals surface area contributed by atoms with Gasteiger partial charge >= 0.3 is 0 Å². The highest BCUT2D eigenvalue weighted by Gasteiger charge is 2.14. The molecule has 1 aliphatic rings. The minimum Gasteiger partial charge on any atom is -0.378 e. The summed E-state index contributed by atoms with van der Waals surface area (Å²) in [5, 5.41) is 2.93. The Labute approximate surface area is 144 Å².